The number of hydrogen-bond donors (Lipinski definition) is 1. The van der Waals surface area contributed by atoms with Crippen molar-refractivity contribution < 1.29 is 0 Å². The van der Waals surface area contributed by atoms with Crippen LogP contribution in [-0.2, 0) is 6.54 Å². The van der Waals surface area contributed by atoms with Crippen molar-refractivity contribution in [3.63, 3.8) is 0 Å². The molecule has 5 nitrogen and oxygen atoms in total. The second-order valence-electron chi connectivity index (χ2n) is 4.55. The Hall–Kier alpha value is -1.69. The van der Waals surface area contributed by atoms with Gasteiger partial charge < -0.3 is 10.3 Å². The lowest BCUT2D eigenvalue weighted by molar-refractivity contribution is 0.508. The molecule has 0 saturated carbocycles. The molecule has 2 rings (SSSR count). The molecule has 2 heterocycles. The molecular weight excluding hydrogens is 248 g/mol. The van der Waals surface area contributed by atoms with Gasteiger partial charge in [-0.3, -0.25) is 4.79 Å². The Balaban J connectivity index is 2.33. The highest BCUT2D eigenvalue weighted by atomic mass is 32.1. The van der Waals surface area contributed by atoms with Crippen LogP contribution in [0.2, 0.25) is 0 Å². The lowest BCUT2D eigenvalue weighted by Gasteiger charge is -2.08. The average molecular weight is 264 g/mol. The van der Waals surface area contributed by atoms with E-state index in [0.29, 0.717) is 21.6 Å². The van der Waals surface area contributed by atoms with Crippen LogP contribution in [0.15, 0.2) is 23.1 Å². The smallest absolute Gasteiger partial charge is 0.260 e. The standard InChI is InChI=1S/C12H16N4OS/c1-8(2)5-7-16-6-3-4-9(11(16)17)10-14-15-12(13)18-10/h3-4,6,8H,5,7H2,1-2H3,(H2,13,15). The van der Waals surface area contributed by atoms with E-state index in [1.165, 1.54) is 11.3 Å². The van der Waals surface area contributed by atoms with Gasteiger partial charge in [0.1, 0.15) is 0 Å². The summed E-state index contributed by atoms with van der Waals surface area (Å²) in [6.45, 7) is 5.00. The number of aromatic nitrogens is 3. The van der Waals surface area contributed by atoms with Gasteiger partial charge in [0.2, 0.25) is 5.13 Å². The van der Waals surface area contributed by atoms with Crippen molar-refractivity contribution in [1.82, 2.24) is 14.8 Å². The summed E-state index contributed by atoms with van der Waals surface area (Å²) in [5.74, 6) is 0.567. The van der Waals surface area contributed by atoms with E-state index in [-0.39, 0.29) is 5.56 Å². The minimum Gasteiger partial charge on any atom is -0.374 e. The van der Waals surface area contributed by atoms with Crippen molar-refractivity contribution in [2.45, 2.75) is 26.8 Å². The van der Waals surface area contributed by atoms with Gasteiger partial charge in [0.15, 0.2) is 5.01 Å². The molecule has 96 valence electrons. The molecule has 0 saturated heterocycles. The third-order valence-corrected chi connectivity index (χ3v) is 3.42. The molecule has 6 heteroatoms. The predicted molar refractivity (Wildman–Crippen MR) is 73.5 cm³/mol. The maximum atomic E-state index is 12.3. The molecule has 2 aromatic heterocycles. The van der Waals surface area contributed by atoms with Crippen molar-refractivity contribution in [3.05, 3.63) is 28.7 Å². The fourth-order valence-corrected chi connectivity index (χ4v) is 2.24. The quantitative estimate of drug-likeness (QED) is 0.916. The van der Waals surface area contributed by atoms with Crippen molar-refractivity contribution >= 4 is 16.5 Å². The minimum atomic E-state index is -0.0331. The predicted octanol–water partition coefficient (Wildman–Crippen LogP) is 2.00. The summed E-state index contributed by atoms with van der Waals surface area (Å²) in [5, 5.41) is 8.61. The van der Waals surface area contributed by atoms with Gasteiger partial charge in [0, 0.05) is 12.7 Å². The first kappa shape index (κ1) is 12.8. The maximum Gasteiger partial charge on any atom is 0.260 e. The van der Waals surface area contributed by atoms with Gasteiger partial charge in [0.05, 0.1) is 5.56 Å². The van der Waals surface area contributed by atoms with Crippen molar-refractivity contribution in [2.24, 2.45) is 5.92 Å². The number of hydrogen-bond acceptors (Lipinski definition) is 5. The van der Waals surface area contributed by atoms with Gasteiger partial charge in [-0.25, -0.2) is 0 Å². The van der Waals surface area contributed by atoms with Gasteiger partial charge >= 0.3 is 0 Å². The molecule has 18 heavy (non-hydrogen) atoms. The Morgan fingerprint density at radius 2 is 2.22 bits per heavy atom. The summed E-state index contributed by atoms with van der Waals surface area (Å²) in [7, 11) is 0. The Morgan fingerprint density at radius 1 is 1.44 bits per heavy atom. The molecule has 0 spiro atoms. The van der Waals surface area contributed by atoms with Gasteiger partial charge in [-0.05, 0) is 24.5 Å². The lowest BCUT2D eigenvalue weighted by atomic mass is 10.1. The molecule has 2 N–H and O–H groups in total. The first-order chi connectivity index (χ1) is 8.58. The Bertz CT molecular complexity index is 588. The lowest BCUT2D eigenvalue weighted by Crippen LogP contribution is -2.21. The Labute approximate surface area is 109 Å². The van der Waals surface area contributed by atoms with E-state index in [0.717, 1.165) is 13.0 Å². The molecule has 0 bridgehead atoms. The van der Waals surface area contributed by atoms with Crippen LogP contribution < -0.4 is 11.3 Å². The first-order valence-electron chi connectivity index (χ1n) is 5.86. The summed E-state index contributed by atoms with van der Waals surface area (Å²) in [6, 6.07) is 3.61. The van der Waals surface area contributed by atoms with E-state index < -0.39 is 0 Å². The SMILES string of the molecule is CC(C)CCn1cccc(-c2nnc(N)s2)c1=O. The van der Waals surface area contributed by atoms with E-state index in [2.05, 4.69) is 24.0 Å². The van der Waals surface area contributed by atoms with Gasteiger partial charge in [-0.1, -0.05) is 25.2 Å². The third kappa shape index (κ3) is 2.76. The number of nitrogens with two attached hydrogens (primary N) is 1. The second kappa shape index (κ2) is 5.30. The molecule has 0 radical (unpaired) electrons. The summed E-state index contributed by atoms with van der Waals surface area (Å²) in [4.78, 5) is 12.3. The highest BCUT2D eigenvalue weighted by molar-refractivity contribution is 7.18. The van der Waals surface area contributed by atoms with Crippen LogP contribution in [0.3, 0.4) is 0 Å². The summed E-state index contributed by atoms with van der Waals surface area (Å²) in [5.41, 5.74) is 6.07. The second-order valence-corrected chi connectivity index (χ2v) is 5.56. The molecule has 2 aromatic rings. The molecule has 0 aliphatic carbocycles. The summed E-state index contributed by atoms with van der Waals surface area (Å²) in [6.07, 6.45) is 2.78. The van der Waals surface area contributed by atoms with Crippen molar-refractivity contribution in [2.75, 3.05) is 5.73 Å². The number of anilines is 1. The summed E-state index contributed by atoms with van der Waals surface area (Å²) >= 11 is 1.23. The van der Waals surface area contributed by atoms with Crippen LogP contribution in [0.1, 0.15) is 20.3 Å². The molecule has 0 unspecified atom stereocenters. The number of rotatable bonds is 4. The third-order valence-electron chi connectivity index (χ3n) is 2.64. The van der Waals surface area contributed by atoms with E-state index >= 15 is 0 Å². The Kier molecular flexibility index (Phi) is 3.76. The maximum absolute atomic E-state index is 12.3. The van der Waals surface area contributed by atoms with Crippen molar-refractivity contribution in [1.29, 1.82) is 0 Å². The van der Waals surface area contributed by atoms with Crippen LogP contribution >= 0.6 is 11.3 Å². The van der Waals surface area contributed by atoms with Crippen LogP contribution in [-0.4, -0.2) is 14.8 Å². The first-order valence-corrected chi connectivity index (χ1v) is 6.68. The average Bonchev–Trinajstić information content (AvgIpc) is 2.74. The topological polar surface area (TPSA) is 73.8 Å². The van der Waals surface area contributed by atoms with E-state index in [9.17, 15) is 4.79 Å². The van der Waals surface area contributed by atoms with Crippen LogP contribution in [0.25, 0.3) is 10.6 Å². The highest BCUT2D eigenvalue weighted by Crippen LogP contribution is 2.21. The van der Waals surface area contributed by atoms with E-state index in [1.54, 1.807) is 16.8 Å². The number of pyridine rings is 1. The molecule has 0 aliphatic rings. The van der Waals surface area contributed by atoms with E-state index in [1.807, 2.05) is 6.07 Å². The number of nitrogens with zero attached hydrogens (tertiary/aromatic N) is 3. The number of nitrogen functional groups attached to an aromatic ring is 1. The molecule has 0 fully saturated rings. The highest BCUT2D eigenvalue weighted by Gasteiger charge is 2.10. The van der Waals surface area contributed by atoms with E-state index in [4.69, 9.17) is 5.73 Å². The zero-order chi connectivity index (χ0) is 13.1. The molecular formula is C12H16N4OS. The zero-order valence-corrected chi connectivity index (χ0v) is 11.3. The van der Waals surface area contributed by atoms with Gasteiger partial charge in [-0.2, -0.15) is 0 Å². The molecule has 0 aromatic carbocycles. The molecule has 0 atom stereocenters. The molecule has 0 amide bonds. The van der Waals surface area contributed by atoms with Gasteiger partial charge in [-0.15, -0.1) is 10.2 Å². The largest absolute Gasteiger partial charge is 0.374 e. The fraction of sp³-hybridized carbons (Fsp3) is 0.417. The number of aryl methyl sites for hydroxylation is 1. The molecule has 0 aliphatic heterocycles. The van der Waals surface area contributed by atoms with Crippen LogP contribution in [0.5, 0.6) is 0 Å². The van der Waals surface area contributed by atoms with Crippen LogP contribution in [0.4, 0.5) is 5.13 Å². The Morgan fingerprint density at radius 3 is 2.83 bits per heavy atom. The van der Waals surface area contributed by atoms with Gasteiger partial charge in [0.25, 0.3) is 5.56 Å². The zero-order valence-electron chi connectivity index (χ0n) is 10.5. The fourth-order valence-electron chi connectivity index (χ4n) is 1.62. The summed E-state index contributed by atoms with van der Waals surface area (Å²) < 4.78 is 1.72. The van der Waals surface area contributed by atoms with Crippen LogP contribution in [0, 0.1) is 5.92 Å². The monoisotopic (exact) mass is 264 g/mol. The van der Waals surface area contributed by atoms with Crippen molar-refractivity contribution in [3.8, 4) is 10.6 Å². The minimum absolute atomic E-state index is 0.0331. The normalized spacial score (nSPS) is 11.1.